The third kappa shape index (κ3) is 4.77. The van der Waals surface area contributed by atoms with Crippen molar-refractivity contribution in [3.8, 4) is 17.4 Å². The summed E-state index contributed by atoms with van der Waals surface area (Å²) in [7, 11) is 0. The quantitative estimate of drug-likeness (QED) is 0.204. The van der Waals surface area contributed by atoms with E-state index in [1.54, 1.807) is 0 Å². The molecule has 0 atom stereocenters. The van der Waals surface area contributed by atoms with Gasteiger partial charge in [-0.1, -0.05) is 105 Å². The number of benzene rings is 3. The zero-order chi connectivity index (χ0) is 29.2. The van der Waals surface area contributed by atoms with E-state index in [-0.39, 0.29) is 12.0 Å². The summed E-state index contributed by atoms with van der Waals surface area (Å²) in [6.45, 7) is 5.52. The summed E-state index contributed by atoms with van der Waals surface area (Å²) >= 11 is 0. The van der Waals surface area contributed by atoms with Gasteiger partial charge < -0.3 is 9.47 Å². The fourth-order valence-electron chi connectivity index (χ4n) is 6.03. The summed E-state index contributed by atoms with van der Waals surface area (Å²) in [6.07, 6.45) is 3.43. The van der Waals surface area contributed by atoms with Crippen molar-refractivity contribution in [1.82, 2.24) is 29.9 Å². The normalized spacial score (nSPS) is 14.4. The first-order valence-electron chi connectivity index (χ1n) is 14.9. The number of hydrogen-bond donors (Lipinski definition) is 1. The lowest BCUT2D eigenvalue weighted by atomic mass is 9.77. The van der Waals surface area contributed by atoms with Gasteiger partial charge in [-0.2, -0.15) is 10.2 Å². The molecule has 216 valence electrons. The van der Waals surface area contributed by atoms with Crippen LogP contribution in [0.5, 0.6) is 5.88 Å². The van der Waals surface area contributed by atoms with Crippen LogP contribution in [0.25, 0.3) is 22.4 Å². The van der Waals surface area contributed by atoms with Gasteiger partial charge in [0, 0.05) is 25.0 Å². The van der Waals surface area contributed by atoms with Crippen LogP contribution < -0.4 is 4.74 Å². The molecule has 6 aromatic rings. The Labute approximate surface area is 250 Å². The zero-order valence-corrected chi connectivity index (χ0v) is 24.4. The van der Waals surface area contributed by atoms with Crippen LogP contribution in [-0.2, 0) is 10.3 Å². The molecule has 7 rings (SSSR count). The van der Waals surface area contributed by atoms with Crippen molar-refractivity contribution in [2.45, 2.75) is 44.2 Å². The Morgan fingerprint density at radius 1 is 0.837 bits per heavy atom. The van der Waals surface area contributed by atoms with Crippen LogP contribution in [0.3, 0.4) is 0 Å². The predicted octanol–water partition coefficient (Wildman–Crippen LogP) is 6.74. The minimum atomic E-state index is -0.825. The molecule has 0 radical (unpaired) electrons. The number of hydrogen-bond acceptors (Lipinski definition) is 6. The minimum Gasteiger partial charge on any atom is -0.474 e. The largest absolute Gasteiger partial charge is 0.474 e. The third-order valence-corrected chi connectivity index (χ3v) is 8.16. The summed E-state index contributed by atoms with van der Waals surface area (Å²) in [5.41, 5.74) is 3.90. The van der Waals surface area contributed by atoms with Crippen LogP contribution in [0.4, 0.5) is 0 Å². The highest BCUT2D eigenvalue weighted by atomic mass is 16.5. The van der Waals surface area contributed by atoms with E-state index < -0.39 is 5.54 Å². The lowest BCUT2D eigenvalue weighted by Crippen LogP contribution is -2.38. The molecule has 0 aliphatic carbocycles. The average Bonchev–Trinajstić information content (AvgIpc) is 3.71. The van der Waals surface area contributed by atoms with Crippen molar-refractivity contribution in [2.75, 3.05) is 13.2 Å². The fraction of sp³-hybridized carbons (Fsp3) is 0.257. The van der Waals surface area contributed by atoms with Gasteiger partial charge in [0.1, 0.15) is 23.2 Å². The number of aromatic amines is 1. The van der Waals surface area contributed by atoms with Gasteiger partial charge in [-0.3, -0.25) is 5.10 Å². The van der Waals surface area contributed by atoms with Gasteiger partial charge in [-0.05, 0) is 22.8 Å². The summed E-state index contributed by atoms with van der Waals surface area (Å²) in [4.78, 5) is 9.65. The van der Waals surface area contributed by atoms with Gasteiger partial charge in [-0.15, -0.1) is 0 Å². The second-order valence-corrected chi connectivity index (χ2v) is 11.2. The highest BCUT2D eigenvalue weighted by Crippen LogP contribution is 2.45. The molecule has 0 amide bonds. The molecular formula is C35H34N6O2. The molecule has 0 unspecified atom stereocenters. The highest BCUT2D eigenvalue weighted by molar-refractivity contribution is 5.96. The molecule has 1 aliphatic rings. The van der Waals surface area contributed by atoms with E-state index in [4.69, 9.17) is 24.5 Å². The number of nitrogens with zero attached hydrogens (tertiary/aromatic N) is 5. The SMILES string of the molecule is CC(C)c1nc(-c2nn(C(c3ccccc3)(c3ccccc3)c3ccccc3)c3ccnc(OC4CCOCC4)c23)n[nH]1. The van der Waals surface area contributed by atoms with Gasteiger partial charge in [0.15, 0.2) is 0 Å². The van der Waals surface area contributed by atoms with E-state index in [9.17, 15) is 0 Å². The monoisotopic (exact) mass is 570 g/mol. The molecule has 1 saturated heterocycles. The standard InChI is InChI=1S/C35H34N6O2/c1-24(2)32-37-33(39-38-32)31-30-29(18-21-36-34(30)43-28-19-22-42-23-20-28)41(40-31)35(25-12-6-3-7-13-25,26-14-8-4-9-15-26)27-16-10-5-11-17-27/h3-18,21,24,28H,19-20,22-23H2,1-2H3,(H,37,38,39). The summed E-state index contributed by atoms with van der Waals surface area (Å²) < 4.78 is 14.3. The number of H-pyrrole nitrogens is 1. The number of pyridine rings is 1. The lowest BCUT2D eigenvalue weighted by molar-refractivity contribution is 0.0244. The maximum absolute atomic E-state index is 6.62. The first-order chi connectivity index (χ1) is 21.2. The average molecular weight is 571 g/mol. The molecule has 0 bridgehead atoms. The second-order valence-electron chi connectivity index (χ2n) is 11.2. The predicted molar refractivity (Wildman–Crippen MR) is 166 cm³/mol. The van der Waals surface area contributed by atoms with Crippen LogP contribution in [0.15, 0.2) is 103 Å². The van der Waals surface area contributed by atoms with Crippen molar-refractivity contribution < 1.29 is 9.47 Å². The maximum Gasteiger partial charge on any atom is 0.225 e. The molecule has 1 aliphatic heterocycles. The van der Waals surface area contributed by atoms with E-state index in [0.29, 0.717) is 30.6 Å². The molecular weight excluding hydrogens is 536 g/mol. The summed E-state index contributed by atoms with van der Waals surface area (Å²) in [6, 6.07) is 33.6. The van der Waals surface area contributed by atoms with Crippen molar-refractivity contribution in [3.05, 3.63) is 126 Å². The van der Waals surface area contributed by atoms with E-state index in [1.165, 1.54) is 0 Å². The minimum absolute atomic E-state index is 0.00328. The molecule has 8 heteroatoms. The molecule has 1 N–H and O–H groups in total. The first kappa shape index (κ1) is 27.0. The van der Waals surface area contributed by atoms with Gasteiger partial charge in [-0.25, -0.2) is 14.6 Å². The van der Waals surface area contributed by atoms with E-state index in [1.807, 2.05) is 30.5 Å². The number of nitrogens with one attached hydrogen (secondary N) is 1. The van der Waals surface area contributed by atoms with Gasteiger partial charge in [0.05, 0.1) is 24.1 Å². The second kappa shape index (κ2) is 11.5. The number of aromatic nitrogens is 6. The van der Waals surface area contributed by atoms with E-state index >= 15 is 0 Å². The number of fused-ring (bicyclic) bond motifs is 1. The maximum atomic E-state index is 6.62. The Morgan fingerprint density at radius 2 is 1.42 bits per heavy atom. The summed E-state index contributed by atoms with van der Waals surface area (Å²) in [5, 5.41) is 14.0. The Balaban J connectivity index is 1.57. The van der Waals surface area contributed by atoms with Gasteiger partial charge in [0.25, 0.3) is 0 Å². The molecule has 0 saturated carbocycles. The fourth-order valence-corrected chi connectivity index (χ4v) is 6.03. The molecule has 0 spiro atoms. The van der Waals surface area contributed by atoms with Crippen molar-refractivity contribution in [2.24, 2.45) is 0 Å². The van der Waals surface area contributed by atoms with Crippen LogP contribution in [0, 0.1) is 0 Å². The zero-order valence-electron chi connectivity index (χ0n) is 24.4. The van der Waals surface area contributed by atoms with Gasteiger partial charge in [0.2, 0.25) is 11.7 Å². The Bertz CT molecular complexity index is 1710. The van der Waals surface area contributed by atoms with Crippen molar-refractivity contribution >= 4 is 10.9 Å². The Morgan fingerprint density at radius 3 is 1.95 bits per heavy atom. The molecule has 8 nitrogen and oxygen atoms in total. The van der Waals surface area contributed by atoms with E-state index in [2.05, 4.69) is 102 Å². The van der Waals surface area contributed by atoms with Crippen LogP contribution in [0.2, 0.25) is 0 Å². The third-order valence-electron chi connectivity index (χ3n) is 8.16. The first-order valence-corrected chi connectivity index (χ1v) is 14.9. The van der Waals surface area contributed by atoms with Crippen molar-refractivity contribution in [1.29, 1.82) is 0 Å². The molecule has 3 aromatic carbocycles. The molecule has 1 fully saturated rings. The molecule has 4 heterocycles. The van der Waals surface area contributed by atoms with Crippen LogP contribution in [-0.4, -0.2) is 49.3 Å². The number of rotatable bonds is 8. The van der Waals surface area contributed by atoms with Crippen LogP contribution >= 0.6 is 0 Å². The molecule has 3 aromatic heterocycles. The van der Waals surface area contributed by atoms with Gasteiger partial charge >= 0.3 is 0 Å². The Kier molecular flexibility index (Phi) is 7.20. The summed E-state index contributed by atoms with van der Waals surface area (Å²) in [5.74, 6) is 2.03. The van der Waals surface area contributed by atoms with Crippen LogP contribution in [0.1, 0.15) is 55.1 Å². The van der Waals surface area contributed by atoms with E-state index in [0.717, 1.165) is 46.3 Å². The molecule has 43 heavy (non-hydrogen) atoms. The topological polar surface area (TPSA) is 90.7 Å². The lowest BCUT2D eigenvalue weighted by Gasteiger charge is -2.37. The smallest absolute Gasteiger partial charge is 0.225 e. The highest BCUT2D eigenvalue weighted by Gasteiger charge is 2.42. The van der Waals surface area contributed by atoms with Crippen molar-refractivity contribution in [3.63, 3.8) is 0 Å². The number of ether oxygens (including phenoxy) is 2. The Hall–Kier alpha value is -4.82.